The summed E-state index contributed by atoms with van der Waals surface area (Å²) in [5.41, 5.74) is 0.843. The molecule has 2 aromatic heterocycles. The van der Waals surface area contributed by atoms with E-state index in [1.807, 2.05) is 0 Å². The van der Waals surface area contributed by atoms with Gasteiger partial charge in [0.1, 0.15) is 5.03 Å². The average molecular weight is 310 g/mol. The molecule has 2 heterocycles. The zero-order valence-corrected chi connectivity index (χ0v) is 12.0. The first kappa shape index (κ1) is 14.5. The third-order valence-corrected chi connectivity index (χ3v) is 4.23. The molecule has 104 valence electrons. The van der Waals surface area contributed by atoms with Gasteiger partial charge in [0.25, 0.3) is 0 Å². The van der Waals surface area contributed by atoms with E-state index in [0.29, 0.717) is 20.6 Å². The molecule has 1 N–H and O–H groups in total. The summed E-state index contributed by atoms with van der Waals surface area (Å²) in [6, 6.07) is 3.26. The summed E-state index contributed by atoms with van der Waals surface area (Å²) in [7, 11) is 1.30. The van der Waals surface area contributed by atoms with Crippen LogP contribution in [0.3, 0.4) is 0 Å². The van der Waals surface area contributed by atoms with E-state index in [4.69, 9.17) is 5.11 Å². The van der Waals surface area contributed by atoms with Gasteiger partial charge in [-0.15, -0.1) is 11.3 Å². The zero-order chi connectivity index (χ0) is 14.5. The minimum absolute atomic E-state index is 0.122. The van der Waals surface area contributed by atoms with E-state index in [1.54, 1.807) is 23.7 Å². The number of esters is 1. The van der Waals surface area contributed by atoms with Crippen LogP contribution in [0.15, 0.2) is 33.1 Å². The van der Waals surface area contributed by atoms with E-state index < -0.39 is 11.9 Å². The third-order valence-electron chi connectivity index (χ3n) is 2.22. The summed E-state index contributed by atoms with van der Waals surface area (Å²) in [6.07, 6.45) is 1.45. The molecule has 6 nitrogen and oxygen atoms in total. The maximum absolute atomic E-state index is 11.6. The molecule has 0 unspecified atom stereocenters. The van der Waals surface area contributed by atoms with Gasteiger partial charge in [0.15, 0.2) is 4.34 Å². The number of rotatable bonds is 5. The fourth-order valence-electron chi connectivity index (χ4n) is 1.39. The van der Waals surface area contributed by atoms with Gasteiger partial charge < -0.3 is 9.84 Å². The predicted molar refractivity (Wildman–Crippen MR) is 73.2 cm³/mol. The van der Waals surface area contributed by atoms with Crippen LogP contribution >= 0.6 is 23.1 Å². The molecule has 0 fully saturated rings. The van der Waals surface area contributed by atoms with Crippen molar-refractivity contribution < 1.29 is 19.4 Å². The Morgan fingerprint density at radius 2 is 2.30 bits per heavy atom. The Hall–Kier alpha value is -1.93. The standard InChI is InChI=1S/C12H10N2O4S2/c1-18-11(17)8-3-2-4-13-10(8)20-12-14-7(6-19-12)5-9(15)16/h2-4,6H,5H2,1H3,(H,15,16). The number of pyridine rings is 1. The maximum Gasteiger partial charge on any atom is 0.340 e. The highest BCUT2D eigenvalue weighted by Crippen LogP contribution is 2.31. The normalized spacial score (nSPS) is 10.2. The van der Waals surface area contributed by atoms with Crippen molar-refractivity contribution in [2.45, 2.75) is 15.8 Å². The number of hydrogen-bond acceptors (Lipinski definition) is 7. The van der Waals surface area contributed by atoms with Gasteiger partial charge in [0.2, 0.25) is 0 Å². The molecule has 0 spiro atoms. The number of thiazole rings is 1. The van der Waals surface area contributed by atoms with Crippen LogP contribution in [0.2, 0.25) is 0 Å². The Morgan fingerprint density at radius 1 is 1.50 bits per heavy atom. The molecule has 0 amide bonds. The molecule has 0 aliphatic rings. The molecule has 0 aromatic carbocycles. The van der Waals surface area contributed by atoms with Crippen LogP contribution in [-0.4, -0.2) is 34.1 Å². The van der Waals surface area contributed by atoms with E-state index in [9.17, 15) is 9.59 Å². The van der Waals surface area contributed by atoms with Gasteiger partial charge in [0, 0.05) is 11.6 Å². The molecule has 2 aromatic rings. The fourth-order valence-corrected chi connectivity index (χ4v) is 3.21. The van der Waals surface area contributed by atoms with Gasteiger partial charge in [-0.1, -0.05) is 0 Å². The predicted octanol–water partition coefficient (Wildman–Crippen LogP) is 2.10. The molecule has 0 aliphatic carbocycles. The van der Waals surface area contributed by atoms with Gasteiger partial charge >= 0.3 is 11.9 Å². The Kier molecular flexibility index (Phi) is 4.70. The number of carbonyl (C=O) groups excluding carboxylic acids is 1. The quantitative estimate of drug-likeness (QED) is 0.846. The van der Waals surface area contributed by atoms with Crippen molar-refractivity contribution in [2.24, 2.45) is 0 Å². The van der Waals surface area contributed by atoms with Crippen LogP contribution in [0.25, 0.3) is 0 Å². The Labute approximate surface area is 122 Å². The number of carbonyl (C=O) groups is 2. The summed E-state index contributed by atoms with van der Waals surface area (Å²) >= 11 is 2.52. The lowest BCUT2D eigenvalue weighted by Gasteiger charge is -2.03. The first-order valence-corrected chi connectivity index (χ1v) is 7.17. The van der Waals surface area contributed by atoms with Crippen molar-refractivity contribution in [3.8, 4) is 0 Å². The van der Waals surface area contributed by atoms with Crippen LogP contribution in [0, 0.1) is 0 Å². The number of nitrogens with zero attached hydrogens (tertiary/aromatic N) is 2. The number of hydrogen-bond donors (Lipinski definition) is 1. The Morgan fingerprint density at radius 3 is 3.00 bits per heavy atom. The van der Waals surface area contributed by atoms with Crippen LogP contribution in [0.1, 0.15) is 16.1 Å². The van der Waals surface area contributed by atoms with Crippen LogP contribution in [0.5, 0.6) is 0 Å². The second kappa shape index (κ2) is 6.49. The maximum atomic E-state index is 11.6. The lowest BCUT2D eigenvalue weighted by atomic mass is 10.3. The molecule has 2 rings (SSSR count). The minimum Gasteiger partial charge on any atom is -0.481 e. The van der Waals surface area contributed by atoms with E-state index in [2.05, 4.69) is 14.7 Å². The van der Waals surface area contributed by atoms with Gasteiger partial charge in [-0.3, -0.25) is 4.79 Å². The molecule has 8 heteroatoms. The fraction of sp³-hybridized carbons (Fsp3) is 0.167. The molecule has 0 saturated heterocycles. The first-order chi connectivity index (χ1) is 9.60. The second-order valence-corrected chi connectivity index (χ2v) is 5.72. The van der Waals surface area contributed by atoms with Crippen LogP contribution in [-0.2, 0) is 16.0 Å². The van der Waals surface area contributed by atoms with Gasteiger partial charge in [0.05, 0.1) is 24.8 Å². The van der Waals surface area contributed by atoms with Gasteiger partial charge in [-0.05, 0) is 23.9 Å². The number of ether oxygens (including phenoxy) is 1. The van der Waals surface area contributed by atoms with Gasteiger partial charge in [-0.25, -0.2) is 14.8 Å². The van der Waals surface area contributed by atoms with Crippen LogP contribution < -0.4 is 0 Å². The molecule has 0 bridgehead atoms. The summed E-state index contributed by atoms with van der Waals surface area (Å²) < 4.78 is 5.32. The second-order valence-electron chi connectivity index (χ2n) is 3.63. The summed E-state index contributed by atoms with van der Waals surface area (Å²) in [5, 5.41) is 10.9. The third kappa shape index (κ3) is 3.55. The van der Waals surface area contributed by atoms with Crippen molar-refractivity contribution in [3.05, 3.63) is 35.0 Å². The lowest BCUT2D eigenvalue weighted by Crippen LogP contribution is -2.04. The Balaban J connectivity index is 2.20. The van der Waals surface area contributed by atoms with Crippen molar-refractivity contribution in [2.75, 3.05) is 7.11 Å². The SMILES string of the molecule is COC(=O)c1cccnc1Sc1nc(CC(=O)O)cs1. The average Bonchev–Trinajstić information content (AvgIpc) is 2.85. The number of methoxy groups -OCH3 is 1. The number of aromatic nitrogens is 2. The summed E-state index contributed by atoms with van der Waals surface area (Å²) in [4.78, 5) is 30.5. The van der Waals surface area contributed by atoms with Gasteiger partial charge in [-0.2, -0.15) is 0 Å². The largest absolute Gasteiger partial charge is 0.481 e. The number of aliphatic carboxylic acids is 1. The van der Waals surface area contributed by atoms with Crippen molar-refractivity contribution in [1.29, 1.82) is 0 Å². The minimum atomic E-state index is -0.931. The molecule has 0 aliphatic heterocycles. The molecule has 0 atom stereocenters. The highest BCUT2D eigenvalue weighted by atomic mass is 32.2. The molecular formula is C12H10N2O4S2. The first-order valence-electron chi connectivity index (χ1n) is 5.47. The van der Waals surface area contributed by atoms with E-state index in [-0.39, 0.29) is 6.42 Å². The molecule has 20 heavy (non-hydrogen) atoms. The smallest absolute Gasteiger partial charge is 0.340 e. The zero-order valence-electron chi connectivity index (χ0n) is 10.4. The monoisotopic (exact) mass is 310 g/mol. The Bertz CT molecular complexity index is 642. The van der Waals surface area contributed by atoms with Crippen molar-refractivity contribution >= 4 is 35.0 Å². The topological polar surface area (TPSA) is 89.4 Å². The highest BCUT2D eigenvalue weighted by molar-refractivity contribution is 8.01. The van der Waals surface area contributed by atoms with E-state index in [0.717, 1.165) is 0 Å². The van der Waals surface area contributed by atoms with Crippen molar-refractivity contribution in [3.63, 3.8) is 0 Å². The molecule has 0 saturated carbocycles. The number of carboxylic acid groups (broad SMARTS) is 1. The summed E-state index contributed by atoms with van der Waals surface area (Å²) in [5.74, 6) is -1.40. The van der Waals surface area contributed by atoms with E-state index in [1.165, 1.54) is 30.2 Å². The highest BCUT2D eigenvalue weighted by Gasteiger charge is 2.15. The lowest BCUT2D eigenvalue weighted by molar-refractivity contribution is -0.136. The van der Waals surface area contributed by atoms with Crippen LogP contribution in [0.4, 0.5) is 0 Å². The number of carboxylic acids is 1. The van der Waals surface area contributed by atoms with E-state index >= 15 is 0 Å². The summed E-state index contributed by atoms with van der Waals surface area (Å²) in [6.45, 7) is 0. The van der Waals surface area contributed by atoms with Crippen molar-refractivity contribution in [1.82, 2.24) is 9.97 Å². The molecule has 0 radical (unpaired) electrons. The molecular weight excluding hydrogens is 300 g/mol.